The molecule has 160 valence electrons. The van der Waals surface area contributed by atoms with Gasteiger partial charge in [-0.3, -0.25) is 13.8 Å². The maximum Gasteiger partial charge on any atom is 0.800 e. The average Bonchev–Trinajstić information content (AvgIpc) is 2.67. The van der Waals surface area contributed by atoms with E-state index in [1.807, 2.05) is 0 Å². The van der Waals surface area contributed by atoms with E-state index in [0.717, 1.165) is 19.3 Å². The van der Waals surface area contributed by atoms with E-state index in [1.54, 1.807) is 6.92 Å². The monoisotopic (exact) mass is 422 g/mol. The number of aliphatic hydroxyl groups is 2. The quantitative estimate of drug-likeness (QED) is 0.141. The summed E-state index contributed by atoms with van der Waals surface area (Å²) in [4.78, 5) is 12.5. The largest absolute Gasteiger partial charge is 0.800 e. The standard InChI is InChI=1S/C18H38O7Si2/c1-3-4-5-6-7-8-9-10-11-12-17(21)16(2)18(13-19,14-20)15-23-27(22)25-24-26/h16,19-20H,3-15H2,1-2,26H3. The van der Waals surface area contributed by atoms with E-state index in [9.17, 15) is 19.5 Å². The first-order chi connectivity index (χ1) is 13.0. The van der Waals surface area contributed by atoms with Crippen molar-refractivity contribution < 1.29 is 33.0 Å². The molecule has 0 spiro atoms. The van der Waals surface area contributed by atoms with Crippen LogP contribution in [0.4, 0.5) is 0 Å². The third-order valence-electron chi connectivity index (χ3n) is 5.19. The SMILES string of the molecule is CCCCCCCCCCCC(=O)C(C)C(CO)(CO)CO[Si](=O)OO[SiH3]. The van der Waals surface area contributed by atoms with Crippen LogP contribution in [0, 0.1) is 11.3 Å². The minimum absolute atomic E-state index is 0.0237. The van der Waals surface area contributed by atoms with E-state index in [4.69, 9.17) is 4.43 Å². The zero-order chi connectivity index (χ0) is 20.5. The first-order valence-corrected chi connectivity index (χ1v) is 12.1. The van der Waals surface area contributed by atoms with Crippen LogP contribution in [0.5, 0.6) is 0 Å². The Kier molecular flexibility index (Phi) is 16.0. The highest BCUT2D eigenvalue weighted by Gasteiger charge is 2.40. The summed E-state index contributed by atoms with van der Waals surface area (Å²) in [5.74, 6) is -0.627. The lowest BCUT2D eigenvalue weighted by atomic mass is 9.75. The van der Waals surface area contributed by atoms with E-state index in [0.29, 0.717) is 6.42 Å². The summed E-state index contributed by atoms with van der Waals surface area (Å²) in [5, 5.41) is 19.4. The van der Waals surface area contributed by atoms with Gasteiger partial charge in [-0.15, -0.1) is 0 Å². The van der Waals surface area contributed by atoms with Gasteiger partial charge in [-0.05, 0) is 6.42 Å². The van der Waals surface area contributed by atoms with Crippen molar-refractivity contribution in [2.45, 2.75) is 78.1 Å². The fourth-order valence-corrected chi connectivity index (χ4v) is 4.00. The molecule has 0 heterocycles. The maximum atomic E-state index is 12.5. The first-order valence-electron chi connectivity index (χ1n) is 10.1. The van der Waals surface area contributed by atoms with Crippen LogP contribution in [0.1, 0.15) is 78.1 Å². The molecule has 0 aromatic rings. The molecule has 1 unspecified atom stereocenters. The summed E-state index contributed by atoms with van der Waals surface area (Å²) in [6, 6.07) is 0. The van der Waals surface area contributed by atoms with Gasteiger partial charge in [0, 0.05) is 12.3 Å². The lowest BCUT2D eigenvalue weighted by Crippen LogP contribution is -2.45. The van der Waals surface area contributed by atoms with Gasteiger partial charge in [-0.2, -0.15) is 0 Å². The van der Waals surface area contributed by atoms with Crippen molar-refractivity contribution in [3.8, 4) is 0 Å². The van der Waals surface area contributed by atoms with Crippen LogP contribution >= 0.6 is 0 Å². The Morgan fingerprint density at radius 1 is 1.04 bits per heavy atom. The molecule has 2 N–H and O–H groups in total. The molecule has 0 fully saturated rings. The molecule has 7 nitrogen and oxygen atoms in total. The number of rotatable bonds is 19. The van der Waals surface area contributed by atoms with Crippen LogP contribution in [0.3, 0.4) is 0 Å². The van der Waals surface area contributed by atoms with Crippen LogP contribution in [0.15, 0.2) is 0 Å². The summed E-state index contributed by atoms with van der Waals surface area (Å²) in [5.41, 5.74) is -1.18. The third-order valence-corrected chi connectivity index (χ3v) is 6.37. The Morgan fingerprint density at radius 3 is 2.04 bits per heavy atom. The van der Waals surface area contributed by atoms with Gasteiger partial charge in [0.05, 0.1) is 25.2 Å². The molecular formula is C18H38O7Si2. The second-order valence-electron chi connectivity index (χ2n) is 7.23. The zero-order valence-electron chi connectivity index (χ0n) is 17.2. The van der Waals surface area contributed by atoms with Crippen molar-refractivity contribution in [3.05, 3.63) is 0 Å². The number of aliphatic hydroxyl groups excluding tert-OH is 2. The van der Waals surface area contributed by atoms with Gasteiger partial charge in [-0.1, -0.05) is 65.2 Å². The van der Waals surface area contributed by atoms with Crippen molar-refractivity contribution in [3.63, 3.8) is 0 Å². The zero-order valence-corrected chi connectivity index (χ0v) is 20.2. The summed E-state index contributed by atoms with van der Waals surface area (Å²) >= 11 is 0. The fourth-order valence-electron chi connectivity index (χ4n) is 3.00. The molecule has 0 bridgehead atoms. The highest BCUT2D eigenvalue weighted by molar-refractivity contribution is 6.26. The fraction of sp³-hybridized carbons (Fsp3) is 0.944. The summed E-state index contributed by atoms with van der Waals surface area (Å²) in [7, 11) is -2.61. The van der Waals surface area contributed by atoms with E-state index in [1.165, 1.54) is 38.5 Å². The molecule has 0 aliphatic heterocycles. The van der Waals surface area contributed by atoms with Gasteiger partial charge < -0.3 is 19.2 Å². The average molecular weight is 423 g/mol. The van der Waals surface area contributed by atoms with Gasteiger partial charge in [0.15, 0.2) is 0 Å². The summed E-state index contributed by atoms with van der Waals surface area (Å²) in [6.07, 6.45) is 11.0. The second kappa shape index (κ2) is 16.3. The minimum atomic E-state index is -2.86. The van der Waals surface area contributed by atoms with Gasteiger partial charge in [0.1, 0.15) is 5.78 Å². The molecule has 0 radical (unpaired) electrons. The summed E-state index contributed by atoms with van der Waals surface area (Å²) in [6.45, 7) is 2.78. The van der Waals surface area contributed by atoms with Crippen LogP contribution in [-0.2, 0) is 22.8 Å². The molecule has 9 heteroatoms. The minimum Gasteiger partial charge on any atom is -0.494 e. The van der Waals surface area contributed by atoms with Crippen molar-refractivity contribution in [1.82, 2.24) is 0 Å². The van der Waals surface area contributed by atoms with Gasteiger partial charge >= 0.3 is 9.17 Å². The van der Waals surface area contributed by atoms with E-state index >= 15 is 0 Å². The van der Waals surface area contributed by atoms with Crippen LogP contribution in [0.25, 0.3) is 0 Å². The Balaban J connectivity index is 4.22. The van der Waals surface area contributed by atoms with Gasteiger partial charge in [-0.25, -0.2) is 0 Å². The number of hydrogen-bond donors (Lipinski definition) is 2. The lowest BCUT2D eigenvalue weighted by molar-refractivity contribution is -0.141. The Morgan fingerprint density at radius 2 is 1.56 bits per heavy atom. The van der Waals surface area contributed by atoms with Gasteiger partial charge in [0.2, 0.25) is 10.5 Å². The maximum absolute atomic E-state index is 12.5. The van der Waals surface area contributed by atoms with Crippen molar-refractivity contribution in [2.75, 3.05) is 19.8 Å². The van der Waals surface area contributed by atoms with Crippen molar-refractivity contribution in [1.29, 1.82) is 0 Å². The van der Waals surface area contributed by atoms with Crippen molar-refractivity contribution in [2.24, 2.45) is 11.3 Å². The highest BCUT2D eigenvalue weighted by Crippen LogP contribution is 2.30. The molecule has 0 saturated heterocycles. The predicted molar refractivity (Wildman–Crippen MR) is 107 cm³/mol. The number of carbonyl (C=O) groups is 1. The molecule has 27 heavy (non-hydrogen) atoms. The number of unbranched alkanes of at least 4 members (excludes halogenated alkanes) is 8. The van der Waals surface area contributed by atoms with Crippen molar-refractivity contribution >= 4 is 25.4 Å². The molecule has 0 saturated carbocycles. The molecule has 0 rings (SSSR count). The van der Waals surface area contributed by atoms with Crippen LogP contribution in [-0.4, -0.2) is 55.5 Å². The number of Topliss-reactive ketones (excluding diaryl/α,β-unsaturated/α-hetero) is 1. The Bertz CT molecular complexity index is 403. The lowest BCUT2D eigenvalue weighted by Gasteiger charge is -2.34. The molecule has 0 amide bonds. The molecular weight excluding hydrogens is 384 g/mol. The normalized spacial score (nSPS) is 12.7. The topological polar surface area (TPSA) is 102 Å². The number of carbonyl (C=O) groups excluding carboxylic acids is 1. The van der Waals surface area contributed by atoms with Gasteiger partial charge in [0.25, 0.3) is 0 Å². The predicted octanol–water partition coefficient (Wildman–Crippen LogP) is 1.74. The Labute approximate surface area is 168 Å². The number of hydrogen-bond acceptors (Lipinski definition) is 7. The van der Waals surface area contributed by atoms with Crippen LogP contribution in [0.2, 0.25) is 0 Å². The highest BCUT2D eigenvalue weighted by atomic mass is 28.3. The molecule has 0 aliphatic rings. The second-order valence-corrected chi connectivity index (χ2v) is 8.52. The molecule has 0 aromatic heterocycles. The molecule has 0 aliphatic carbocycles. The number of ketones is 1. The smallest absolute Gasteiger partial charge is 0.494 e. The van der Waals surface area contributed by atoms with E-state index in [2.05, 4.69) is 16.1 Å². The molecule has 0 aromatic carbocycles. The van der Waals surface area contributed by atoms with Crippen LogP contribution < -0.4 is 0 Å². The first kappa shape index (κ1) is 26.4. The Hall–Kier alpha value is -0.616. The van der Waals surface area contributed by atoms with E-state index < -0.39 is 33.7 Å². The third kappa shape index (κ3) is 11.1. The molecule has 1 atom stereocenters. The summed E-state index contributed by atoms with van der Waals surface area (Å²) < 4.78 is 25.4. The van der Waals surface area contributed by atoms with E-state index in [-0.39, 0.29) is 22.9 Å².